The molecule has 1 aliphatic heterocycles. The second kappa shape index (κ2) is 11.7. The van der Waals surface area contributed by atoms with Gasteiger partial charge in [-0.3, -0.25) is 9.78 Å². The van der Waals surface area contributed by atoms with Crippen LogP contribution in [0, 0.1) is 5.41 Å². The number of pyridine rings is 1. The highest BCUT2D eigenvalue weighted by Gasteiger charge is 2.40. The summed E-state index contributed by atoms with van der Waals surface area (Å²) < 4.78 is 5.42. The Balaban J connectivity index is 1.35. The summed E-state index contributed by atoms with van der Waals surface area (Å²) in [5.41, 5.74) is 8.53. The highest BCUT2D eigenvalue weighted by Crippen LogP contribution is 2.38. The van der Waals surface area contributed by atoms with Crippen molar-refractivity contribution in [3.05, 3.63) is 35.5 Å². The Kier molecular flexibility index (Phi) is 8.72. The van der Waals surface area contributed by atoms with Crippen LogP contribution in [0.3, 0.4) is 0 Å². The van der Waals surface area contributed by atoms with Crippen molar-refractivity contribution in [2.24, 2.45) is 11.1 Å². The summed E-state index contributed by atoms with van der Waals surface area (Å²) in [5, 5.41) is 12.1. The van der Waals surface area contributed by atoms with E-state index in [-0.39, 0.29) is 0 Å². The number of nitrogens with two attached hydrogens (primary N) is 1. The molecule has 4 rings (SSSR count). The molecule has 1 saturated carbocycles. The number of hydrogen-bond donors (Lipinski definition) is 2. The third kappa shape index (κ3) is 5.86. The number of carbonyl (C=O) groups is 1. The summed E-state index contributed by atoms with van der Waals surface area (Å²) >= 11 is 2.12. The highest BCUT2D eigenvalue weighted by molar-refractivity contribution is 7.99. The van der Waals surface area contributed by atoms with Gasteiger partial charge in [0, 0.05) is 35.7 Å². The van der Waals surface area contributed by atoms with Gasteiger partial charge in [0.2, 0.25) is 0 Å². The van der Waals surface area contributed by atoms with Crippen LogP contribution in [-0.2, 0) is 17.8 Å². The van der Waals surface area contributed by atoms with Gasteiger partial charge in [0.1, 0.15) is 5.75 Å². The molecule has 1 aliphatic carbocycles. The van der Waals surface area contributed by atoms with Crippen molar-refractivity contribution in [2.45, 2.75) is 69.6 Å². The summed E-state index contributed by atoms with van der Waals surface area (Å²) in [5.74, 6) is 1.34. The number of likely N-dealkylation sites (tertiary alicyclic amines) is 1. The summed E-state index contributed by atoms with van der Waals surface area (Å²) in [6.45, 7) is 3.29. The minimum Gasteiger partial charge on any atom is -0.497 e. The number of thioether (sulfide) groups is 1. The standard InChI is InChI=1S/C27H39N3O3S/c1-33-21-8-9-25-24(17-21)23(20(18-28)19-29-25)7-4-10-27(26(31)32)11-13-30(14-12-27)15-16-34-22-5-2-3-6-22/h8-9,17,19,22H,2-7,10-16,18,28H2,1H3,(H,31,32). The monoisotopic (exact) mass is 485 g/mol. The quantitative estimate of drug-likeness (QED) is 0.469. The van der Waals surface area contributed by atoms with Gasteiger partial charge in [-0.1, -0.05) is 12.8 Å². The van der Waals surface area contributed by atoms with Gasteiger partial charge in [-0.15, -0.1) is 0 Å². The van der Waals surface area contributed by atoms with Crippen molar-refractivity contribution in [1.29, 1.82) is 0 Å². The fourth-order valence-electron chi connectivity index (χ4n) is 5.65. The molecule has 1 saturated heterocycles. The van der Waals surface area contributed by atoms with Crippen molar-refractivity contribution in [2.75, 3.05) is 32.5 Å². The number of aliphatic carboxylic acids is 1. The van der Waals surface area contributed by atoms with Crippen LogP contribution in [0.4, 0.5) is 0 Å². The average Bonchev–Trinajstić information content (AvgIpc) is 3.38. The average molecular weight is 486 g/mol. The first kappa shape index (κ1) is 25.3. The molecule has 186 valence electrons. The molecule has 0 unspecified atom stereocenters. The Morgan fingerprint density at radius 2 is 2.06 bits per heavy atom. The van der Waals surface area contributed by atoms with E-state index in [0.717, 1.165) is 72.8 Å². The zero-order valence-electron chi connectivity index (χ0n) is 20.4. The molecule has 0 atom stereocenters. The van der Waals surface area contributed by atoms with E-state index in [2.05, 4.69) is 21.6 Å². The van der Waals surface area contributed by atoms with E-state index in [4.69, 9.17) is 10.5 Å². The molecule has 2 aromatic rings. The molecule has 2 heterocycles. The second-order valence-corrected chi connectivity index (χ2v) is 11.3. The van der Waals surface area contributed by atoms with Gasteiger partial charge >= 0.3 is 5.97 Å². The second-order valence-electron chi connectivity index (χ2n) is 9.91. The number of methoxy groups -OCH3 is 1. The first-order chi connectivity index (χ1) is 16.5. The van der Waals surface area contributed by atoms with Crippen molar-refractivity contribution >= 4 is 28.6 Å². The van der Waals surface area contributed by atoms with Crippen LogP contribution in [0.2, 0.25) is 0 Å². The molecule has 1 aromatic carbocycles. The molecule has 6 nitrogen and oxygen atoms in total. The minimum absolute atomic E-state index is 0.424. The topological polar surface area (TPSA) is 88.7 Å². The van der Waals surface area contributed by atoms with E-state index < -0.39 is 11.4 Å². The molecule has 0 bridgehead atoms. The van der Waals surface area contributed by atoms with Crippen molar-refractivity contribution in [1.82, 2.24) is 9.88 Å². The maximum Gasteiger partial charge on any atom is 0.309 e. The number of rotatable bonds is 11. The summed E-state index contributed by atoms with van der Waals surface area (Å²) in [7, 11) is 1.66. The SMILES string of the molecule is COc1ccc2ncc(CN)c(CCCC3(C(=O)O)CCN(CCSC4CCCC4)CC3)c2c1. The van der Waals surface area contributed by atoms with E-state index in [0.29, 0.717) is 13.0 Å². The third-order valence-corrected chi connectivity index (χ3v) is 9.27. The molecule has 1 aromatic heterocycles. The molecule has 34 heavy (non-hydrogen) atoms. The lowest BCUT2D eigenvalue weighted by Crippen LogP contribution is -2.45. The van der Waals surface area contributed by atoms with E-state index in [9.17, 15) is 9.90 Å². The Labute approximate surface area is 207 Å². The number of hydrogen-bond acceptors (Lipinski definition) is 6. The number of ether oxygens (including phenoxy) is 1. The van der Waals surface area contributed by atoms with E-state index in [1.807, 2.05) is 24.4 Å². The van der Waals surface area contributed by atoms with Crippen LogP contribution in [0.15, 0.2) is 24.4 Å². The van der Waals surface area contributed by atoms with Crippen LogP contribution >= 0.6 is 11.8 Å². The largest absolute Gasteiger partial charge is 0.497 e. The summed E-state index contributed by atoms with van der Waals surface area (Å²) in [6, 6.07) is 5.91. The maximum absolute atomic E-state index is 12.4. The fourth-order valence-corrected chi connectivity index (χ4v) is 7.01. The van der Waals surface area contributed by atoms with Gasteiger partial charge in [-0.05, 0) is 87.4 Å². The number of aromatic nitrogens is 1. The van der Waals surface area contributed by atoms with Crippen molar-refractivity contribution in [3.8, 4) is 5.75 Å². The van der Waals surface area contributed by atoms with Crippen molar-refractivity contribution < 1.29 is 14.6 Å². The highest BCUT2D eigenvalue weighted by atomic mass is 32.2. The molecule has 3 N–H and O–H groups in total. The van der Waals surface area contributed by atoms with Gasteiger partial charge < -0.3 is 20.5 Å². The molecule has 2 fully saturated rings. The van der Waals surface area contributed by atoms with Gasteiger partial charge in [0.05, 0.1) is 18.0 Å². The molecule has 0 amide bonds. The molecular weight excluding hydrogens is 446 g/mol. The number of benzene rings is 1. The molecule has 2 aliphatic rings. The number of carboxylic acids is 1. The minimum atomic E-state index is -0.632. The molecule has 7 heteroatoms. The predicted octanol–water partition coefficient (Wildman–Crippen LogP) is 4.87. The third-order valence-electron chi connectivity index (χ3n) is 7.91. The number of carboxylic acid groups (broad SMARTS) is 1. The number of piperidine rings is 1. The van der Waals surface area contributed by atoms with E-state index in [1.54, 1.807) is 7.11 Å². The fraction of sp³-hybridized carbons (Fsp3) is 0.630. The Bertz CT molecular complexity index is 964. The van der Waals surface area contributed by atoms with Gasteiger partial charge in [0.25, 0.3) is 0 Å². The zero-order chi connectivity index (χ0) is 24.0. The van der Waals surface area contributed by atoms with Crippen LogP contribution in [0.5, 0.6) is 5.75 Å². The summed E-state index contributed by atoms with van der Waals surface area (Å²) in [6.07, 6.45) is 11.2. The Hall–Kier alpha value is -1.83. The lowest BCUT2D eigenvalue weighted by molar-refractivity contribution is -0.152. The predicted molar refractivity (Wildman–Crippen MR) is 140 cm³/mol. The van der Waals surface area contributed by atoms with Crippen LogP contribution < -0.4 is 10.5 Å². The maximum atomic E-state index is 12.4. The molecule has 0 radical (unpaired) electrons. The lowest BCUT2D eigenvalue weighted by atomic mass is 9.74. The zero-order valence-corrected chi connectivity index (χ0v) is 21.2. The normalized spacial score (nSPS) is 19.0. The van der Waals surface area contributed by atoms with Gasteiger partial charge in [0.15, 0.2) is 0 Å². The van der Waals surface area contributed by atoms with E-state index in [1.165, 1.54) is 37.0 Å². The number of fused-ring (bicyclic) bond motifs is 1. The van der Waals surface area contributed by atoms with Crippen LogP contribution in [0.1, 0.15) is 62.5 Å². The Morgan fingerprint density at radius 3 is 2.74 bits per heavy atom. The van der Waals surface area contributed by atoms with Crippen LogP contribution in [0.25, 0.3) is 10.9 Å². The number of nitrogens with zero attached hydrogens (tertiary/aromatic N) is 2. The smallest absolute Gasteiger partial charge is 0.309 e. The first-order valence-corrected chi connectivity index (χ1v) is 13.8. The van der Waals surface area contributed by atoms with E-state index >= 15 is 0 Å². The Morgan fingerprint density at radius 1 is 1.29 bits per heavy atom. The van der Waals surface area contributed by atoms with Crippen molar-refractivity contribution in [3.63, 3.8) is 0 Å². The van der Waals surface area contributed by atoms with Crippen LogP contribution in [-0.4, -0.2) is 58.7 Å². The molecule has 0 spiro atoms. The number of aryl methyl sites for hydroxylation is 1. The van der Waals surface area contributed by atoms with Gasteiger partial charge in [-0.2, -0.15) is 11.8 Å². The first-order valence-electron chi connectivity index (χ1n) is 12.8. The summed E-state index contributed by atoms with van der Waals surface area (Å²) in [4.78, 5) is 19.4. The lowest BCUT2D eigenvalue weighted by Gasteiger charge is -2.39. The molecular formula is C27H39N3O3S. The van der Waals surface area contributed by atoms with Gasteiger partial charge in [-0.25, -0.2) is 0 Å².